The highest BCUT2D eigenvalue weighted by Gasteiger charge is 2.59. The first-order chi connectivity index (χ1) is 19.3. The van der Waals surface area contributed by atoms with E-state index in [0.717, 1.165) is 19.3 Å². The zero-order valence-electron chi connectivity index (χ0n) is 26.1. The Balaban J connectivity index is 1.96. The van der Waals surface area contributed by atoms with E-state index in [1.165, 1.54) is 5.56 Å². The van der Waals surface area contributed by atoms with Gasteiger partial charge in [0, 0.05) is 31.4 Å². The lowest BCUT2D eigenvalue weighted by molar-refractivity contribution is -0.171. The van der Waals surface area contributed by atoms with Gasteiger partial charge in [0.25, 0.3) is 0 Å². The van der Waals surface area contributed by atoms with Crippen LogP contribution in [0.5, 0.6) is 0 Å². The summed E-state index contributed by atoms with van der Waals surface area (Å²) in [6, 6.07) is 9.54. The third-order valence-corrected chi connectivity index (χ3v) is 9.33. The van der Waals surface area contributed by atoms with Crippen LogP contribution in [-0.2, 0) is 35.0 Å². The Morgan fingerprint density at radius 1 is 0.927 bits per heavy atom. The Morgan fingerprint density at radius 2 is 1.54 bits per heavy atom. The minimum atomic E-state index is -1.27. The van der Waals surface area contributed by atoms with Crippen molar-refractivity contribution in [3.63, 3.8) is 0 Å². The highest BCUT2D eigenvalue weighted by molar-refractivity contribution is 5.99. The fraction of sp³-hybridized carbons (Fsp3) is 0.697. The van der Waals surface area contributed by atoms with Crippen molar-refractivity contribution in [3.05, 3.63) is 35.9 Å². The molecule has 1 amide bonds. The van der Waals surface area contributed by atoms with Crippen molar-refractivity contribution in [2.45, 2.75) is 110 Å². The van der Waals surface area contributed by atoms with Crippen LogP contribution in [0.25, 0.3) is 0 Å². The largest absolute Gasteiger partial charge is 0.458 e. The van der Waals surface area contributed by atoms with Gasteiger partial charge in [-0.2, -0.15) is 0 Å². The van der Waals surface area contributed by atoms with E-state index >= 15 is 0 Å². The van der Waals surface area contributed by atoms with Gasteiger partial charge in [-0.1, -0.05) is 58.0 Å². The summed E-state index contributed by atoms with van der Waals surface area (Å²) in [5, 5.41) is 0. The maximum absolute atomic E-state index is 14.0. The molecule has 8 nitrogen and oxygen atoms in total. The lowest BCUT2D eigenvalue weighted by Gasteiger charge is -2.41. The quantitative estimate of drug-likeness (QED) is 0.232. The van der Waals surface area contributed by atoms with Crippen molar-refractivity contribution in [2.24, 2.45) is 23.7 Å². The van der Waals surface area contributed by atoms with Crippen LogP contribution >= 0.6 is 0 Å². The molecule has 0 radical (unpaired) electrons. The summed E-state index contributed by atoms with van der Waals surface area (Å²) in [4.78, 5) is 55.6. The van der Waals surface area contributed by atoms with E-state index < -0.39 is 53.2 Å². The first-order valence-corrected chi connectivity index (χ1v) is 15.1. The summed E-state index contributed by atoms with van der Waals surface area (Å²) in [5.41, 5.74) is -0.779. The number of ether oxygens (including phenoxy) is 3. The number of benzene rings is 1. The van der Waals surface area contributed by atoms with Crippen LogP contribution in [-0.4, -0.2) is 65.5 Å². The van der Waals surface area contributed by atoms with Gasteiger partial charge in [-0.05, 0) is 64.9 Å². The lowest BCUT2D eigenvalue weighted by atomic mass is 9.74. The van der Waals surface area contributed by atoms with E-state index in [4.69, 9.17) is 14.2 Å². The standard InChI is InChI=1S/C33H49NO7/c1-9-26-33(7)29(34(31(38)41-33)18-14-13-17-25-15-11-10-12-16-25)23(4)27(35)21(2)19-32(6,39-8)20-22(3)28(36)24(5)30(37)40-26/h10-12,15-16,21-24,26,29H,9,13-14,17-20H2,1-8H3/t21-,22-,23+,24-,26-,29-,32-,33-/m1/s1. The van der Waals surface area contributed by atoms with Crippen molar-refractivity contribution in [1.29, 1.82) is 0 Å². The molecule has 8 heteroatoms. The van der Waals surface area contributed by atoms with E-state index in [1.54, 1.807) is 32.8 Å². The van der Waals surface area contributed by atoms with Crippen LogP contribution in [0, 0.1) is 23.7 Å². The zero-order chi connectivity index (χ0) is 30.5. The molecule has 2 aliphatic heterocycles. The summed E-state index contributed by atoms with van der Waals surface area (Å²) in [6.07, 6.45) is 2.30. The van der Waals surface area contributed by atoms with E-state index in [0.29, 0.717) is 25.8 Å². The predicted molar refractivity (Wildman–Crippen MR) is 156 cm³/mol. The summed E-state index contributed by atoms with van der Waals surface area (Å²) in [7, 11) is 1.59. The molecular weight excluding hydrogens is 522 g/mol. The average molecular weight is 572 g/mol. The van der Waals surface area contributed by atoms with Gasteiger partial charge < -0.3 is 19.1 Å². The monoisotopic (exact) mass is 571 g/mol. The second kappa shape index (κ2) is 13.5. The number of unbranched alkanes of at least 4 members (excludes halogenated alkanes) is 1. The number of aryl methyl sites for hydroxylation is 1. The Morgan fingerprint density at radius 3 is 2.12 bits per heavy atom. The molecule has 2 saturated heterocycles. The maximum Gasteiger partial charge on any atom is 0.410 e. The number of methoxy groups -OCH3 is 1. The molecule has 0 saturated carbocycles. The molecule has 2 fully saturated rings. The second-order valence-corrected chi connectivity index (χ2v) is 12.6. The summed E-state index contributed by atoms with van der Waals surface area (Å²) in [6.45, 7) is 13.0. The number of cyclic esters (lactones) is 1. The second-order valence-electron chi connectivity index (χ2n) is 12.6. The molecule has 1 aromatic carbocycles. The summed E-state index contributed by atoms with van der Waals surface area (Å²) in [5.74, 6) is -3.30. The molecule has 0 N–H and O–H groups in total. The number of carbonyl (C=O) groups excluding carboxylic acids is 4. The number of rotatable bonds is 7. The number of esters is 1. The third kappa shape index (κ3) is 7.19. The van der Waals surface area contributed by atoms with Crippen molar-refractivity contribution >= 4 is 23.6 Å². The normalized spacial score (nSPS) is 35.5. The first-order valence-electron chi connectivity index (χ1n) is 15.1. The summed E-state index contributed by atoms with van der Waals surface area (Å²) < 4.78 is 17.8. The van der Waals surface area contributed by atoms with Crippen LogP contribution in [0.15, 0.2) is 30.3 Å². The van der Waals surface area contributed by atoms with Crippen LogP contribution < -0.4 is 0 Å². The molecule has 0 bridgehead atoms. The van der Waals surface area contributed by atoms with Gasteiger partial charge in [0.15, 0.2) is 5.60 Å². The van der Waals surface area contributed by atoms with Crippen molar-refractivity contribution in [1.82, 2.24) is 4.90 Å². The molecule has 41 heavy (non-hydrogen) atoms. The topological polar surface area (TPSA) is 99.2 Å². The van der Waals surface area contributed by atoms with Crippen LogP contribution in [0.1, 0.15) is 86.1 Å². The van der Waals surface area contributed by atoms with E-state index in [-0.39, 0.29) is 17.5 Å². The number of hydrogen-bond acceptors (Lipinski definition) is 7. The molecule has 2 aliphatic rings. The number of fused-ring (bicyclic) bond motifs is 1. The highest BCUT2D eigenvalue weighted by Crippen LogP contribution is 2.42. The maximum atomic E-state index is 14.0. The van der Waals surface area contributed by atoms with Gasteiger partial charge in [0.05, 0.1) is 11.6 Å². The predicted octanol–water partition coefficient (Wildman–Crippen LogP) is 5.79. The Kier molecular flexibility index (Phi) is 10.8. The Labute approximate surface area is 245 Å². The molecule has 1 aromatic rings. The summed E-state index contributed by atoms with van der Waals surface area (Å²) >= 11 is 0. The van der Waals surface area contributed by atoms with Crippen molar-refractivity contribution in [3.8, 4) is 0 Å². The molecule has 0 aromatic heterocycles. The Bertz CT molecular complexity index is 1090. The van der Waals surface area contributed by atoms with Crippen LogP contribution in [0.4, 0.5) is 4.79 Å². The molecule has 0 unspecified atom stereocenters. The third-order valence-electron chi connectivity index (χ3n) is 9.33. The average Bonchev–Trinajstić information content (AvgIpc) is 3.21. The van der Waals surface area contributed by atoms with E-state index in [2.05, 4.69) is 12.1 Å². The molecular formula is C33H49NO7. The van der Waals surface area contributed by atoms with Gasteiger partial charge in [-0.3, -0.25) is 14.4 Å². The van der Waals surface area contributed by atoms with Crippen LogP contribution in [0.2, 0.25) is 0 Å². The minimum Gasteiger partial charge on any atom is -0.458 e. The number of ketones is 2. The smallest absolute Gasteiger partial charge is 0.410 e. The van der Waals surface area contributed by atoms with E-state index in [9.17, 15) is 19.2 Å². The van der Waals surface area contributed by atoms with Crippen molar-refractivity contribution in [2.75, 3.05) is 13.7 Å². The minimum absolute atomic E-state index is 0.0114. The molecule has 228 valence electrons. The highest BCUT2D eigenvalue weighted by atomic mass is 16.6. The fourth-order valence-corrected chi connectivity index (χ4v) is 6.98. The van der Waals surface area contributed by atoms with Crippen LogP contribution in [0.3, 0.4) is 0 Å². The first kappa shape index (κ1) is 32.8. The van der Waals surface area contributed by atoms with Crippen molar-refractivity contribution < 1.29 is 33.4 Å². The van der Waals surface area contributed by atoms with Gasteiger partial charge in [0.1, 0.15) is 23.6 Å². The Hall–Kier alpha value is -2.74. The molecule has 2 heterocycles. The van der Waals surface area contributed by atoms with E-state index in [1.807, 2.05) is 45.9 Å². The number of hydrogen-bond donors (Lipinski definition) is 0. The van der Waals surface area contributed by atoms with Gasteiger partial charge in [0.2, 0.25) is 0 Å². The van der Waals surface area contributed by atoms with Gasteiger partial charge >= 0.3 is 12.1 Å². The number of nitrogens with zero attached hydrogens (tertiary/aromatic N) is 1. The SMILES string of the molecule is CC[C@H]1OC(=O)[C@H](C)C(=O)[C@H](C)C[C@](C)(OC)C[C@@H](C)C(=O)[C@H](C)[C@H]2N(CCCCc3ccccc3)C(=O)O[C@]12C. The number of carbonyl (C=O) groups is 4. The molecule has 0 aliphatic carbocycles. The number of amides is 1. The lowest BCUT2D eigenvalue weighted by Crippen LogP contribution is -2.58. The zero-order valence-corrected chi connectivity index (χ0v) is 26.1. The number of Topliss-reactive ketones (excluding diaryl/α,β-unsaturated/α-hetero) is 2. The molecule has 3 rings (SSSR count). The fourth-order valence-electron chi connectivity index (χ4n) is 6.98. The molecule has 8 atom stereocenters. The van der Waals surface area contributed by atoms with Gasteiger partial charge in [-0.15, -0.1) is 0 Å². The molecule has 0 spiro atoms. The van der Waals surface area contributed by atoms with Gasteiger partial charge in [-0.25, -0.2) is 4.79 Å².